The second-order valence-electron chi connectivity index (χ2n) is 4.94. The topological polar surface area (TPSA) is 55.4 Å². The zero-order valence-corrected chi connectivity index (χ0v) is 15.4. The van der Waals surface area contributed by atoms with E-state index >= 15 is 0 Å². The SMILES string of the molecule is C[C@H](OC(=O)CSCc1ccc(Cl)s1)C(=O)Nc1cc(F)ccc1F. The number of anilines is 1. The minimum atomic E-state index is -1.13. The molecule has 0 aliphatic heterocycles. The number of thiophene rings is 1. The quantitative estimate of drug-likeness (QED) is 0.690. The Hall–Kier alpha value is -1.64. The van der Waals surface area contributed by atoms with Crippen LogP contribution in [0, 0.1) is 11.6 Å². The lowest BCUT2D eigenvalue weighted by Crippen LogP contribution is -2.30. The van der Waals surface area contributed by atoms with Gasteiger partial charge >= 0.3 is 5.97 Å². The van der Waals surface area contributed by atoms with Crippen molar-refractivity contribution in [3.63, 3.8) is 0 Å². The van der Waals surface area contributed by atoms with Crippen molar-refractivity contribution in [3.8, 4) is 0 Å². The van der Waals surface area contributed by atoms with E-state index in [4.69, 9.17) is 16.3 Å². The molecule has 0 spiro atoms. The van der Waals surface area contributed by atoms with E-state index in [0.717, 1.165) is 23.1 Å². The number of benzene rings is 1. The van der Waals surface area contributed by atoms with E-state index < -0.39 is 29.6 Å². The highest BCUT2D eigenvalue weighted by Crippen LogP contribution is 2.25. The van der Waals surface area contributed by atoms with Crippen LogP contribution in [0.15, 0.2) is 30.3 Å². The summed E-state index contributed by atoms with van der Waals surface area (Å²) in [5.74, 6) is -2.13. The fourth-order valence-electron chi connectivity index (χ4n) is 1.78. The first-order valence-corrected chi connectivity index (χ1v) is 9.47. The van der Waals surface area contributed by atoms with Crippen molar-refractivity contribution in [2.75, 3.05) is 11.1 Å². The van der Waals surface area contributed by atoms with Crippen LogP contribution >= 0.6 is 34.7 Å². The number of hydrogen-bond donors (Lipinski definition) is 1. The molecular formula is C16H14ClF2NO3S2. The first-order valence-electron chi connectivity index (χ1n) is 7.12. The van der Waals surface area contributed by atoms with Crippen LogP contribution in [0.2, 0.25) is 4.34 Å². The highest BCUT2D eigenvalue weighted by Gasteiger charge is 2.19. The predicted octanol–water partition coefficient (Wildman–Crippen LogP) is 4.48. The van der Waals surface area contributed by atoms with Gasteiger partial charge in [0.05, 0.1) is 15.8 Å². The van der Waals surface area contributed by atoms with E-state index in [1.807, 2.05) is 6.07 Å². The van der Waals surface area contributed by atoms with Crippen LogP contribution in [0.3, 0.4) is 0 Å². The van der Waals surface area contributed by atoms with Crippen LogP contribution < -0.4 is 5.32 Å². The number of carbonyl (C=O) groups excluding carboxylic acids is 2. The minimum absolute atomic E-state index is 0.0570. The summed E-state index contributed by atoms with van der Waals surface area (Å²) in [6.45, 7) is 1.36. The zero-order chi connectivity index (χ0) is 18.4. The number of ether oxygens (including phenoxy) is 1. The first-order chi connectivity index (χ1) is 11.8. The lowest BCUT2D eigenvalue weighted by molar-refractivity contribution is -0.150. The summed E-state index contributed by atoms with van der Waals surface area (Å²) >= 11 is 8.57. The Morgan fingerprint density at radius 3 is 2.76 bits per heavy atom. The van der Waals surface area contributed by atoms with Gasteiger partial charge in [0.15, 0.2) is 6.10 Å². The summed E-state index contributed by atoms with van der Waals surface area (Å²) in [6.07, 6.45) is -1.13. The van der Waals surface area contributed by atoms with Gasteiger partial charge in [-0.25, -0.2) is 8.78 Å². The van der Waals surface area contributed by atoms with Crippen LogP contribution in [0.1, 0.15) is 11.8 Å². The van der Waals surface area contributed by atoms with Crippen LogP contribution in [0.25, 0.3) is 0 Å². The van der Waals surface area contributed by atoms with Gasteiger partial charge in [-0.15, -0.1) is 23.1 Å². The first kappa shape index (κ1) is 19.7. The summed E-state index contributed by atoms with van der Waals surface area (Å²) in [7, 11) is 0. The van der Waals surface area contributed by atoms with Crippen LogP contribution in [0.5, 0.6) is 0 Å². The van der Waals surface area contributed by atoms with Crippen molar-refractivity contribution in [2.24, 2.45) is 0 Å². The Bertz CT molecular complexity index is 770. The number of amides is 1. The summed E-state index contributed by atoms with van der Waals surface area (Å²) in [5, 5.41) is 2.19. The van der Waals surface area contributed by atoms with Gasteiger partial charge in [-0.2, -0.15) is 0 Å². The number of hydrogen-bond acceptors (Lipinski definition) is 5. The lowest BCUT2D eigenvalue weighted by Gasteiger charge is -2.13. The summed E-state index contributed by atoms with van der Waals surface area (Å²) < 4.78 is 32.2. The Balaban J connectivity index is 1.77. The van der Waals surface area contributed by atoms with Crippen molar-refractivity contribution in [1.82, 2.24) is 0 Å². The third-order valence-corrected chi connectivity index (χ3v) is 5.33. The average Bonchev–Trinajstić information content (AvgIpc) is 2.96. The molecule has 1 heterocycles. The van der Waals surface area contributed by atoms with Crippen molar-refractivity contribution in [2.45, 2.75) is 18.8 Å². The second-order valence-corrected chi connectivity index (χ2v) is 7.73. The van der Waals surface area contributed by atoms with Gasteiger partial charge in [-0.3, -0.25) is 9.59 Å². The van der Waals surface area contributed by atoms with Crippen molar-refractivity contribution in [3.05, 3.63) is 51.2 Å². The van der Waals surface area contributed by atoms with Crippen molar-refractivity contribution >= 4 is 52.3 Å². The third-order valence-electron chi connectivity index (χ3n) is 2.96. The van der Waals surface area contributed by atoms with Gasteiger partial charge in [0.1, 0.15) is 11.6 Å². The fraction of sp³-hybridized carbons (Fsp3) is 0.250. The molecule has 0 aliphatic carbocycles. The van der Waals surface area contributed by atoms with Gasteiger partial charge in [0.2, 0.25) is 0 Å². The van der Waals surface area contributed by atoms with Crippen LogP contribution in [-0.4, -0.2) is 23.7 Å². The minimum Gasteiger partial charge on any atom is -0.452 e. The number of nitrogens with one attached hydrogen (secondary N) is 1. The Kier molecular flexibility index (Phi) is 7.22. The number of rotatable bonds is 7. The molecule has 134 valence electrons. The molecule has 0 unspecified atom stereocenters. The van der Waals surface area contributed by atoms with E-state index in [-0.39, 0.29) is 11.4 Å². The molecule has 1 aromatic carbocycles. The standard InChI is InChI=1S/C16H14ClF2NO3S2/c1-9(16(22)20-13-6-10(18)2-4-12(13)19)23-15(21)8-24-7-11-3-5-14(17)25-11/h2-6,9H,7-8H2,1H3,(H,20,22)/t9-/m0/s1. The Labute approximate surface area is 156 Å². The zero-order valence-electron chi connectivity index (χ0n) is 13.1. The average molecular weight is 406 g/mol. The molecule has 4 nitrogen and oxygen atoms in total. The maximum absolute atomic E-state index is 13.5. The highest BCUT2D eigenvalue weighted by molar-refractivity contribution is 7.99. The second kappa shape index (κ2) is 9.17. The van der Waals surface area contributed by atoms with Gasteiger partial charge in [-0.1, -0.05) is 11.6 Å². The maximum atomic E-state index is 13.5. The molecule has 0 fully saturated rings. The monoisotopic (exact) mass is 405 g/mol. The molecule has 1 atom stereocenters. The van der Waals surface area contributed by atoms with Crippen molar-refractivity contribution < 1.29 is 23.1 Å². The largest absolute Gasteiger partial charge is 0.452 e. The van der Waals surface area contributed by atoms with Crippen LogP contribution in [-0.2, 0) is 20.1 Å². The highest BCUT2D eigenvalue weighted by atomic mass is 35.5. The fourth-order valence-corrected chi connectivity index (χ4v) is 3.78. The molecule has 1 aromatic heterocycles. The van der Waals surface area contributed by atoms with Gasteiger partial charge in [0, 0.05) is 16.7 Å². The van der Waals surface area contributed by atoms with E-state index in [9.17, 15) is 18.4 Å². The lowest BCUT2D eigenvalue weighted by atomic mass is 10.2. The molecule has 0 saturated heterocycles. The Morgan fingerprint density at radius 1 is 1.32 bits per heavy atom. The van der Waals surface area contributed by atoms with E-state index in [1.54, 1.807) is 6.07 Å². The summed E-state index contributed by atoms with van der Waals surface area (Å²) in [5.41, 5.74) is -0.308. The van der Waals surface area contributed by atoms with E-state index in [1.165, 1.54) is 30.0 Å². The molecule has 1 amide bonds. The Morgan fingerprint density at radius 2 is 2.08 bits per heavy atom. The smallest absolute Gasteiger partial charge is 0.316 e. The van der Waals surface area contributed by atoms with Gasteiger partial charge in [-0.05, 0) is 31.2 Å². The normalized spacial score (nSPS) is 11.8. The summed E-state index contributed by atoms with van der Waals surface area (Å²) in [6, 6.07) is 6.33. The van der Waals surface area contributed by atoms with Crippen LogP contribution in [0.4, 0.5) is 14.5 Å². The van der Waals surface area contributed by atoms with E-state index in [2.05, 4.69) is 5.32 Å². The van der Waals surface area contributed by atoms with Gasteiger partial charge in [0.25, 0.3) is 5.91 Å². The molecule has 1 N–H and O–H groups in total. The molecular weight excluding hydrogens is 392 g/mol. The molecule has 0 radical (unpaired) electrons. The number of esters is 1. The molecule has 2 aromatic rings. The molecule has 2 rings (SSSR count). The molecule has 9 heteroatoms. The molecule has 0 saturated carbocycles. The number of thioether (sulfide) groups is 1. The summed E-state index contributed by atoms with van der Waals surface area (Å²) in [4.78, 5) is 24.7. The van der Waals surface area contributed by atoms with Crippen molar-refractivity contribution in [1.29, 1.82) is 0 Å². The van der Waals surface area contributed by atoms with Gasteiger partial charge < -0.3 is 10.1 Å². The molecule has 0 bridgehead atoms. The van der Waals surface area contributed by atoms with E-state index in [0.29, 0.717) is 10.1 Å². The number of carbonyl (C=O) groups is 2. The predicted molar refractivity (Wildman–Crippen MR) is 96.0 cm³/mol. The number of halogens is 3. The third kappa shape index (κ3) is 6.30. The molecule has 25 heavy (non-hydrogen) atoms. The molecule has 0 aliphatic rings. The maximum Gasteiger partial charge on any atom is 0.316 e.